The van der Waals surface area contributed by atoms with Crippen molar-refractivity contribution in [3.05, 3.63) is 11.9 Å². The van der Waals surface area contributed by atoms with Crippen LogP contribution in [0.5, 0.6) is 0 Å². The van der Waals surface area contributed by atoms with Gasteiger partial charge in [-0.2, -0.15) is 13.2 Å². The van der Waals surface area contributed by atoms with Crippen molar-refractivity contribution in [1.82, 2.24) is 25.4 Å². The zero-order chi connectivity index (χ0) is 41.5. The molecule has 1 N–H and O–H groups in total. The highest BCUT2D eigenvalue weighted by Crippen LogP contribution is 2.40. The predicted octanol–water partition coefficient (Wildman–Crippen LogP) is 5.24. The van der Waals surface area contributed by atoms with Gasteiger partial charge in [-0.15, -0.1) is 15.4 Å². The van der Waals surface area contributed by atoms with Gasteiger partial charge in [-0.05, 0) is 39.5 Å². The van der Waals surface area contributed by atoms with Gasteiger partial charge in [0.25, 0.3) is 0 Å². The zero-order valence-electron chi connectivity index (χ0n) is 33.4. The van der Waals surface area contributed by atoms with Crippen molar-refractivity contribution >= 4 is 23.8 Å². The molecule has 1 aromatic heterocycles. The predicted molar refractivity (Wildman–Crippen MR) is 190 cm³/mol. The van der Waals surface area contributed by atoms with Crippen LogP contribution in [0, 0.1) is 0 Å². The number of rotatable bonds is 23. The molecule has 0 saturated carbocycles. The molecule has 16 nitrogen and oxygen atoms in total. The third kappa shape index (κ3) is 14.5. The summed E-state index contributed by atoms with van der Waals surface area (Å²) >= 11 is 0. The highest BCUT2D eigenvalue weighted by Gasteiger charge is 2.54. The van der Waals surface area contributed by atoms with E-state index in [-0.39, 0.29) is 6.61 Å². The Hall–Kier alpha value is -3.39. The molecule has 2 saturated heterocycles. The number of nitrogens with zero attached hydrogens (tertiary/aromatic N) is 4. The summed E-state index contributed by atoms with van der Waals surface area (Å²) in [5.74, 6) is -4.99. The van der Waals surface area contributed by atoms with Crippen LogP contribution in [0.3, 0.4) is 0 Å². The number of esters is 3. The number of aromatic nitrogens is 3. The van der Waals surface area contributed by atoms with Crippen LogP contribution in [0.4, 0.5) is 13.2 Å². The maximum absolute atomic E-state index is 13.3. The van der Waals surface area contributed by atoms with Crippen molar-refractivity contribution in [3.63, 3.8) is 0 Å². The number of alkyl halides is 3. The van der Waals surface area contributed by atoms with E-state index in [1.54, 1.807) is 16.2 Å². The van der Waals surface area contributed by atoms with Crippen LogP contribution < -0.4 is 5.32 Å². The Labute approximate surface area is 326 Å². The molecule has 3 heterocycles. The van der Waals surface area contributed by atoms with Crippen molar-refractivity contribution in [2.45, 2.75) is 186 Å². The average molecular weight is 807 g/mol. The van der Waals surface area contributed by atoms with Crippen LogP contribution in [0.15, 0.2) is 6.20 Å². The molecule has 1 aromatic rings. The van der Waals surface area contributed by atoms with Gasteiger partial charge in [0.05, 0.1) is 24.9 Å². The lowest BCUT2D eigenvalue weighted by atomic mass is 9.96. The molecule has 2 aliphatic heterocycles. The molecule has 0 aromatic carbocycles. The molecule has 3 rings (SSSR count). The summed E-state index contributed by atoms with van der Waals surface area (Å²) in [5.41, 5.74) is -0.860. The minimum absolute atomic E-state index is 0.294. The van der Waals surface area contributed by atoms with Crippen LogP contribution in [-0.4, -0.2) is 105 Å². The largest absolute Gasteiger partial charge is 0.471 e. The molecule has 19 heteroatoms. The number of hydrogen-bond donors (Lipinski definition) is 1. The molecule has 0 bridgehead atoms. The molecule has 56 heavy (non-hydrogen) atoms. The number of unbranched alkanes of at least 4 members (excludes halogenated alkanes) is 9. The highest BCUT2D eigenvalue weighted by atomic mass is 19.4. The normalized spacial score (nSPS) is 25.1. The number of halogens is 3. The van der Waals surface area contributed by atoms with Crippen LogP contribution in [0.25, 0.3) is 0 Å². The Bertz CT molecular complexity index is 1410. The van der Waals surface area contributed by atoms with E-state index in [4.69, 9.17) is 28.4 Å². The van der Waals surface area contributed by atoms with Crippen molar-refractivity contribution in [2.24, 2.45) is 0 Å². The molecule has 0 spiro atoms. The summed E-state index contributed by atoms with van der Waals surface area (Å²) in [6.07, 6.45) is 3.00. The number of ether oxygens (including phenoxy) is 6. The highest BCUT2D eigenvalue weighted by molar-refractivity contribution is 5.82. The number of hydrogen-bond acceptors (Lipinski definition) is 13. The monoisotopic (exact) mass is 806 g/mol. The summed E-state index contributed by atoms with van der Waals surface area (Å²) in [7, 11) is 0. The average Bonchev–Trinajstić information content (AvgIpc) is 3.66. The number of nitrogens with one attached hydrogen (secondary N) is 1. The second-order valence-corrected chi connectivity index (χ2v) is 15.2. The maximum Gasteiger partial charge on any atom is 0.471 e. The van der Waals surface area contributed by atoms with E-state index >= 15 is 0 Å². The van der Waals surface area contributed by atoms with E-state index in [0.29, 0.717) is 18.8 Å². The van der Waals surface area contributed by atoms with Gasteiger partial charge in [-0.1, -0.05) is 69.9 Å². The van der Waals surface area contributed by atoms with E-state index in [1.807, 2.05) is 13.8 Å². The van der Waals surface area contributed by atoms with E-state index in [9.17, 15) is 37.6 Å². The third-order valence-corrected chi connectivity index (χ3v) is 9.70. The summed E-state index contributed by atoms with van der Waals surface area (Å²) < 4.78 is 74.7. The van der Waals surface area contributed by atoms with E-state index in [0.717, 1.165) is 104 Å². The maximum atomic E-state index is 13.3. The molecular weight excluding hydrogens is 747 g/mol. The standard InChI is InChI=1S/C37H59F3N5O11/c1-7-18-36(45(50)35(5,6)24-53-36)19-16-14-12-10-8-9-11-13-15-17-20-44-21-28(42-43-44)22-52-33-30(41-34(49)37(38,39)40)32(55-27(4)48)31(54-26(3)47)29(56-33)23-51-25(2)46/h21,29-33H,7-20,22-24H2,1-6H3,(H,41,49)/t29-,30-,31-,32-,33-,36?/m1/s1. The smallest absolute Gasteiger partial charge is 0.463 e. The minimum Gasteiger partial charge on any atom is -0.463 e. The number of hydroxylamine groups is 2. The molecule has 1 radical (unpaired) electrons. The van der Waals surface area contributed by atoms with E-state index in [1.165, 1.54) is 5.06 Å². The van der Waals surface area contributed by atoms with Crippen LogP contribution in [0.2, 0.25) is 0 Å². The first-order valence-electron chi connectivity index (χ1n) is 19.5. The van der Waals surface area contributed by atoms with Gasteiger partial charge in [0, 0.05) is 27.3 Å². The molecule has 1 amide bonds. The van der Waals surface area contributed by atoms with Gasteiger partial charge in [-0.3, -0.25) is 23.9 Å². The summed E-state index contributed by atoms with van der Waals surface area (Å²) in [6.45, 7) is 9.21. The Morgan fingerprint density at radius 2 is 1.48 bits per heavy atom. The topological polar surface area (TPSA) is 190 Å². The van der Waals surface area contributed by atoms with Crippen LogP contribution >= 0.6 is 0 Å². The summed E-state index contributed by atoms with van der Waals surface area (Å²) in [6, 6.07) is -1.81. The molecular formula is C37H59F3N5O11. The number of aryl methyl sites for hydroxylation is 1. The van der Waals surface area contributed by atoms with Gasteiger partial charge in [0.2, 0.25) is 0 Å². The molecule has 2 fully saturated rings. The zero-order valence-corrected chi connectivity index (χ0v) is 33.4. The lowest BCUT2D eigenvalue weighted by Crippen LogP contribution is -2.67. The third-order valence-electron chi connectivity index (χ3n) is 9.70. The second-order valence-electron chi connectivity index (χ2n) is 15.2. The van der Waals surface area contributed by atoms with Crippen LogP contribution in [0.1, 0.15) is 131 Å². The quantitative estimate of drug-likeness (QED) is 0.0860. The Kier molecular flexibility index (Phi) is 18.4. The van der Waals surface area contributed by atoms with Crippen LogP contribution in [-0.2, 0) is 66.0 Å². The van der Waals surface area contributed by atoms with Gasteiger partial charge < -0.3 is 33.7 Å². The summed E-state index contributed by atoms with van der Waals surface area (Å²) in [4.78, 5) is 47.5. The first-order chi connectivity index (χ1) is 26.4. The Morgan fingerprint density at radius 1 is 0.893 bits per heavy atom. The number of amides is 1. The lowest BCUT2D eigenvalue weighted by Gasteiger charge is -2.44. The summed E-state index contributed by atoms with van der Waals surface area (Å²) in [5, 5.41) is 24.0. The fourth-order valence-electron chi connectivity index (χ4n) is 7.05. The first-order valence-corrected chi connectivity index (χ1v) is 19.5. The SMILES string of the molecule is CCCC1(CCCCCCCCCCCCn2cc(CO[C@@H]3O[C@H](COC(C)=O)[C@@H](OC(C)=O)[C@H](OC(C)=O)[C@H]3NC(=O)C(F)(F)F)nn2)OCC(C)(C)N1[O]. The fraction of sp³-hybridized carbons (Fsp3) is 0.838. The molecule has 0 aliphatic carbocycles. The van der Waals surface area contributed by atoms with Crippen molar-refractivity contribution in [1.29, 1.82) is 0 Å². The fourth-order valence-corrected chi connectivity index (χ4v) is 7.05. The number of carbonyl (C=O) groups excluding carboxylic acids is 4. The van der Waals surface area contributed by atoms with Gasteiger partial charge in [0.1, 0.15) is 30.2 Å². The Balaban J connectivity index is 1.44. The van der Waals surface area contributed by atoms with Gasteiger partial charge in [0.15, 0.2) is 18.5 Å². The molecule has 2 aliphatic rings. The second kappa shape index (κ2) is 21.9. The molecule has 1 unspecified atom stereocenters. The number of carbonyl (C=O) groups is 4. The van der Waals surface area contributed by atoms with E-state index in [2.05, 4.69) is 17.2 Å². The van der Waals surface area contributed by atoms with Gasteiger partial charge in [-0.25, -0.2) is 0 Å². The van der Waals surface area contributed by atoms with E-state index < -0.39 is 78.5 Å². The molecule has 319 valence electrons. The van der Waals surface area contributed by atoms with Crippen molar-refractivity contribution in [2.75, 3.05) is 13.2 Å². The van der Waals surface area contributed by atoms with Crippen molar-refractivity contribution < 1.29 is 66.0 Å². The van der Waals surface area contributed by atoms with Gasteiger partial charge >= 0.3 is 30.0 Å². The van der Waals surface area contributed by atoms with Crippen molar-refractivity contribution in [3.8, 4) is 0 Å². The first kappa shape index (κ1) is 47.0. The minimum atomic E-state index is -5.33. The molecule has 6 atom stereocenters. The lowest BCUT2D eigenvalue weighted by molar-refractivity contribution is -0.295. The Morgan fingerprint density at radius 3 is 2.02 bits per heavy atom.